The van der Waals surface area contributed by atoms with Gasteiger partial charge in [-0.25, -0.2) is 0 Å². The second-order valence-electron chi connectivity index (χ2n) is 5.42. The highest BCUT2D eigenvalue weighted by Crippen LogP contribution is 2.42. The molecule has 2 heteroatoms. The molecular weight excluding hydrogens is 210 g/mol. The summed E-state index contributed by atoms with van der Waals surface area (Å²) in [6.45, 7) is 9.84. The van der Waals surface area contributed by atoms with Crippen molar-refractivity contribution in [2.45, 2.75) is 45.8 Å². The second kappa shape index (κ2) is 4.69. The Morgan fingerprint density at radius 3 is 2.76 bits per heavy atom. The van der Waals surface area contributed by atoms with Gasteiger partial charge >= 0.3 is 0 Å². The molecule has 0 bridgehead atoms. The zero-order valence-electron chi connectivity index (χ0n) is 11.3. The number of nitrogens with one attached hydrogen (secondary N) is 1. The monoisotopic (exact) mass is 233 g/mol. The van der Waals surface area contributed by atoms with Gasteiger partial charge in [0.15, 0.2) is 0 Å². The van der Waals surface area contributed by atoms with Crippen LogP contribution in [-0.4, -0.2) is 12.1 Å². The Labute approximate surface area is 104 Å². The number of rotatable bonds is 3. The van der Waals surface area contributed by atoms with Crippen molar-refractivity contribution >= 4 is 0 Å². The predicted octanol–water partition coefficient (Wildman–Crippen LogP) is 3.53. The number of hydrogen-bond donors (Lipinski definition) is 1. The highest BCUT2D eigenvalue weighted by molar-refractivity contribution is 5.38. The molecule has 2 atom stereocenters. The SMILES string of the molecule is CCNC1CC(C)(C(C)C)Oc2ccccc21. The fraction of sp³-hybridized carbons (Fsp3) is 0.600. The van der Waals surface area contributed by atoms with E-state index in [9.17, 15) is 0 Å². The fourth-order valence-corrected chi connectivity index (χ4v) is 2.45. The molecular formula is C15H23NO. The van der Waals surface area contributed by atoms with E-state index >= 15 is 0 Å². The molecule has 1 aromatic rings. The van der Waals surface area contributed by atoms with Crippen LogP contribution in [0.25, 0.3) is 0 Å². The molecule has 94 valence electrons. The minimum atomic E-state index is -0.0683. The first kappa shape index (κ1) is 12.4. The Morgan fingerprint density at radius 2 is 2.12 bits per heavy atom. The lowest BCUT2D eigenvalue weighted by atomic mass is 9.81. The Morgan fingerprint density at radius 1 is 1.41 bits per heavy atom. The molecule has 1 aliphatic rings. The van der Waals surface area contributed by atoms with Gasteiger partial charge in [0.05, 0.1) is 0 Å². The topological polar surface area (TPSA) is 21.3 Å². The van der Waals surface area contributed by atoms with Crippen LogP contribution >= 0.6 is 0 Å². The first-order chi connectivity index (χ1) is 8.07. The minimum Gasteiger partial charge on any atom is -0.487 e. The molecule has 0 saturated carbocycles. The molecule has 0 amide bonds. The Balaban J connectivity index is 2.35. The molecule has 1 aliphatic heterocycles. The van der Waals surface area contributed by atoms with Gasteiger partial charge in [-0.15, -0.1) is 0 Å². The van der Waals surface area contributed by atoms with Crippen LogP contribution in [0, 0.1) is 5.92 Å². The molecule has 0 aromatic heterocycles. The average molecular weight is 233 g/mol. The summed E-state index contributed by atoms with van der Waals surface area (Å²) < 4.78 is 6.22. The lowest BCUT2D eigenvalue weighted by Crippen LogP contribution is -2.45. The number of ether oxygens (including phenoxy) is 1. The molecule has 1 N–H and O–H groups in total. The van der Waals surface area contributed by atoms with Crippen molar-refractivity contribution in [3.63, 3.8) is 0 Å². The third-order valence-electron chi connectivity index (χ3n) is 3.92. The van der Waals surface area contributed by atoms with Gasteiger partial charge in [0, 0.05) is 18.0 Å². The van der Waals surface area contributed by atoms with Gasteiger partial charge in [-0.3, -0.25) is 0 Å². The van der Waals surface area contributed by atoms with Gasteiger partial charge < -0.3 is 10.1 Å². The maximum atomic E-state index is 6.22. The molecule has 0 spiro atoms. The van der Waals surface area contributed by atoms with Crippen molar-refractivity contribution in [2.24, 2.45) is 5.92 Å². The second-order valence-corrected chi connectivity index (χ2v) is 5.42. The number of benzene rings is 1. The van der Waals surface area contributed by atoms with Crippen molar-refractivity contribution in [3.8, 4) is 5.75 Å². The molecule has 2 nitrogen and oxygen atoms in total. The van der Waals surface area contributed by atoms with Crippen molar-refractivity contribution in [1.29, 1.82) is 0 Å². The minimum absolute atomic E-state index is 0.0683. The van der Waals surface area contributed by atoms with E-state index < -0.39 is 0 Å². The maximum absolute atomic E-state index is 6.22. The molecule has 0 radical (unpaired) electrons. The summed E-state index contributed by atoms with van der Waals surface area (Å²) in [6, 6.07) is 8.80. The number of hydrogen-bond acceptors (Lipinski definition) is 2. The van der Waals surface area contributed by atoms with E-state index in [0.717, 1.165) is 18.7 Å². The average Bonchev–Trinajstić information content (AvgIpc) is 2.29. The molecule has 17 heavy (non-hydrogen) atoms. The van der Waals surface area contributed by atoms with Crippen molar-refractivity contribution in [3.05, 3.63) is 29.8 Å². The van der Waals surface area contributed by atoms with Gasteiger partial charge in [-0.1, -0.05) is 39.0 Å². The van der Waals surface area contributed by atoms with Crippen molar-refractivity contribution in [2.75, 3.05) is 6.54 Å². The normalized spacial score (nSPS) is 27.7. The summed E-state index contributed by atoms with van der Waals surface area (Å²) in [6.07, 6.45) is 1.04. The third kappa shape index (κ3) is 2.32. The summed E-state index contributed by atoms with van der Waals surface area (Å²) in [7, 11) is 0. The Kier molecular flexibility index (Phi) is 3.43. The largest absolute Gasteiger partial charge is 0.487 e. The summed E-state index contributed by atoms with van der Waals surface area (Å²) in [5, 5.41) is 3.57. The van der Waals surface area contributed by atoms with E-state index in [0.29, 0.717) is 12.0 Å². The predicted molar refractivity (Wildman–Crippen MR) is 71.3 cm³/mol. The highest BCUT2D eigenvalue weighted by Gasteiger charge is 2.39. The summed E-state index contributed by atoms with van der Waals surface area (Å²) in [5.74, 6) is 1.55. The van der Waals surface area contributed by atoms with Gasteiger partial charge in [0.1, 0.15) is 11.4 Å². The zero-order chi connectivity index (χ0) is 12.5. The van der Waals surface area contributed by atoms with E-state index in [1.807, 2.05) is 6.07 Å². The first-order valence-electron chi connectivity index (χ1n) is 6.58. The van der Waals surface area contributed by atoms with Crippen LogP contribution in [0.2, 0.25) is 0 Å². The quantitative estimate of drug-likeness (QED) is 0.862. The third-order valence-corrected chi connectivity index (χ3v) is 3.92. The van der Waals surface area contributed by atoms with E-state index in [4.69, 9.17) is 4.74 Å². The van der Waals surface area contributed by atoms with Gasteiger partial charge in [-0.05, 0) is 25.5 Å². The lowest BCUT2D eigenvalue weighted by molar-refractivity contribution is 0.00612. The molecule has 0 aliphatic carbocycles. The zero-order valence-corrected chi connectivity index (χ0v) is 11.3. The standard InChI is InChI=1S/C15H23NO/c1-5-16-13-10-15(4,11(2)3)17-14-9-7-6-8-12(13)14/h6-9,11,13,16H,5,10H2,1-4H3. The van der Waals surface area contributed by atoms with Crippen molar-refractivity contribution in [1.82, 2.24) is 5.32 Å². The van der Waals surface area contributed by atoms with Crippen LogP contribution in [0.5, 0.6) is 5.75 Å². The van der Waals surface area contributed by atoms with Crippen LogP contribution in [-0.2, 0) is 0 Å². The smallest absolute Gasteiger partial charge is 0.124 e. The van der Waals surface area contributed by atoms with E-state index in [1.165, 1.54) is 5.56 Å². The van der Waals surface area contributed by atoms with E-state index in [1.54, 1.807) is 0 Å². The molecule has 2 rings (SSSR count). The molecule has 2 unspecified atom stereocenters. The first-order valence-corrected chi connectivity index (χ1v) is 6.58. The van der Waals surface area contributed by atoms with Gasteiger partial charge in [0.25, 0.3) is 0 Å². The molecule has 0 saturated heterocycles. The molecule has 1 heterocycles. The summed E-state index contributed by atoms with van der Waals surface area (Å²) in [5.41, 5.74) is 1.23. The summed E-state index contributed by atoms with van der Waals surface area (Å²) in [4.78, 5) is 0. The lowest BCUT2D eigenvalue weighted by Gasteiger charge is -2.42. The van der Waals surface area contributed by atoms with Crippen LogP contribution in [0.3, 0.4) is 0 Å². The molecule has 1 aromatic carbocycles. The van der Waals surface area contributed by atoms with Crippen LogP contribution in [0.4, 0.5) is 0 Å². The Bertz CT molecular complexity index is 388. The number of para-hydroxylation sites is 1. The van der Waals surface area contributed by atoms with Gasteiger partial charge in [-0.2, -0.15) is 0 Å². The highest BCUT2D eigenvalue weighted by atomic mass is 16.5. The number of fused-ring (bicyclic) bond motifs is 1. The fourth-order valence-electron chi connectivity index (χ4n) is 2.45. The van der Waals surface area contributed by atoms with Crippen LogP contribution in [0.15, 0.2) is 24.3 Å². The van der Waals surface area contributed by atoms with E-state index in [2.05, 4.69) is 51.2 Å². The molecule has 0 fully saturated rings. The van der Waals surface area contributed by atoms with E-state index in [-0.39, 0.29) is 5.60 Å². The Hall–Kier alpha value is -1.02. The van der Waals surface area contributed by atoms with Gasteiger partial charge in [0.2, 0.25) is 0 Å². The van der Waals surface area contributed by atoms with Crippen molar-refractivity contribution < 1.29 is 4.74 Å². The summed E-state index contributed by atoms with van der Waals surface area (Å²) >= 11 is 0. The maximum Gasteiger partial charge on any atom is 0.124 e. The van der Waals surface area contributed by atoms with Crippen LogP contribution in [0.1, 0.15) is 45.7 Å². The van der Waals surface area contributed by atoms with Crippen LogP contribution < -0.4 is 10.1 Å².